The number of rotatable bonds is 2. The zero-order valence-electron chi connectivity index (χ0n) is 14.5. The van der Waals surface area contributed by atoms with Crippen LogP contribution in [-0.4, -0.2) is 42.3 Å². The van der Waals surface area contributed by atoms with E-state index >= 15 is 0 Å². The molecule has 2 aliphatic rings. The lowest BCUT2D eigenvalue weighted by molar-refractivity contribution is 0.100. The molecule has 2 heterocycles. The summed E-state index contributed by atoms with van der Waals surface area (Å²) in [6, 6.07) is 14.7. The van der Waals surface area contributed by atoms with Crippen LogP contribution < -0.4 is 4.90 Å². The van der Waals surface area contributed by atoms with Crippen LogP contribution in [-0.2, 0) is 9.84 Å². The molecule has 2 atom stereocenters. The fourth-order valence-electron chi connectivity index (χ4n) is 3.39. The number of thioether (sulfide) groups is 1. The van der Waals surface area contributed by atoms with Gasteiger partial charge in [-0.1, -0.05) is 39.8 Å². The first-order valence-electron chi connectivity index (χ1n) is 8.44. The van der Waals surface area contributed by atoms with Gasteiger partial charge in [-0.15, -0.1) is 0 Å². The Hall–Kier alpha value is -1.64. The predicted octanol–water partition coefficient (Wildman–Crippen LogP) is 3.67. The highest BCUT2D eigenvalue weighted by Crippen LogP contribution is 2.41. The van der Waals surface area contributed by atoms with Gasteiger partial charge in [0, 0.05) is 21.0 Å². The van der Waals surface area contributed by atoms with Crippen molar-refractivity contribution in [3.05, 3.63) is 64.1 Å². The van der Waals surface area contributed by atoms with Crippen molar-refractivity contribution in [1.82, 2.24) is 0 Å². The maximum atomic E-state index is 12.6. The fraction of sp³-hybridized carbons (Fsp3) is 0.263. The van der Waals surface area contributed by atoms with Gasteiger partial charge in [-0.2, -0.15) is 4.99 Å². The van der Waals surface area contributed by atoms with Crippen LogP contribution in [0.5, 0.6) is 0 Å². The van der Waals surface area contributed by atoms with Gasteiger partial charge >= 0.3 is 0 Å². The third-order valence-corrected chi connectivity index (χ3v) is 8.37. The molecule has 2 aliphatic heterocycles. The van der Waals surface area contributed by atoms with E-state index in [1.54, 1.807) is 24.3 Å². The van der Waals surface area contributed by atoms with Crippen LogP contribution in [0.2, 0.25) is 0 Å². The van der Waals surface area contributed by atoms with Crippen molar-refractivity contribution in [2.45, 2.75) is 18.2 Å². The van der Waals surface area contributed by atoms with Crippen LogP contribution in [0, 0.1) is 6.92 Å². The summed E-state index contributed by atoms with van der Waals surface area (Å²) < 4.78 is 25.1. The van der Waals surface area contributed by atoms with E-state index in [-0.39, 0.29) is 28.7 Å². The van der Waals surface area contributed by atoms with Gasteiger partial charge in [0.25, 0.3) is 5.91 Å². The SMILES string of the molecule is Cc1cccc(N2C(=NC(=O)c3ccc(Br)cc3)SC3CS(=O)(=O)CC32)c1. The van der Waals surface area contributed by atoms with Crippen LogP contribution in [0.1, 0.15) is 15.9 Å². The number of amides is 1. The molecule has 4 rings (SSSR count). The fourth-order valence-corrected chi connectivity index (χ4v) is 7.56. The number of carbonyl (C=O) groups is 1. The maximum Gasteiger partial charge on any atom is 0.279 e. The molecule has 5 nitrogen and oxygen atoms in total. The number of fused-ring (bicyclic) bond motifs is 1. The quantitative estimate of drug-likeness (QED) is 0.677. The van der Waals surface area contributed by atoms with Gasteiger partial charge in [0.15, 0.2) is 15.0 Å². The van der Waals surface area contributed by atoms with Gasteiger partial charge in [0.05, 0.1) is 17.5 Å². The number of anilines is 1. The molecule has 2 saturated heterocycles. The molecule has 2 fully saturated rings. The molecule has 2 unspecified atom stereocenters. The van der Waals surface area contributed by atoms with E-state index < -0.39 is 9.84 Å². The summed E-state index contributed by atoms with van der Waals surface area (Å²) in [6.45, 7) is 1.99. The number of halogens is 1. The average Bonchev–Trinajstić information content (AvgIpc) is 3.06. The Kier molecular flexibility index (Phi) is 4.90. The van der Waals surface area contributed by atoms with Crippen LogP contribution in [0.3, 0.4) is 0 Å². The van der Waals surface area contributed by atoms with Crippen LogP contribution in [0.15, 0.2) is 58.0 Å². The van der Waals surface area contributed by atoms with Gasteiger partial charge in [0.2, 0.25) is 0 Å². The molecule has 0 radical (unpaired) electrons. The molecule has 0 spiro atoms. The van der Waals surface area contributed by atoms with Gasteiger partial charge in [0.1, 0.15) is 0 Å². The smallest absolute Gasteiger partial charge is 0.279 e. The van der Waals surface area contributed by atoms with E-state index in [0.717, 1.165) is 15.7 Å². The summed E-state index contributed by atoms with van der Waals surface area (Å²) in [6.07, 6.45) is 0. The number of aryl methyl sites for hydroxylation is 1. The second-order valence-corrected chi connectivity index (χ2v) is 11.0. The van der Waals surface area contributed by atoms with Crippen molar-refractivity contribution in [1.29, 1.82) is 0 Å². The number of nitrogens with zero attached hydrogens (tertiary/aromatic N) is 2. The Bertz CT molecular complexity index is 1040. The van der Waals surface area contributed by atoms with E-state index in [4.69, 9.17) is 0 Å². The highest BCUT2D eigenvalue weighted by Gasteiger charge is 2.49. The summed E-state index contributed by atoms with van der Waals surface area (Å²) >= 11 is 4.74. The van der Waals surface area contributed by atoms with Gasteiger partial charge < -0.3 is 4.90 Å². The first-order valence-corrected chi connectivity index (χ1v) is 11.9. The van der Waals surface area contributed by atoms with Crippen molar-refractivity contribution in [2.75, 3.05) is 16.4 Å². The molecule has 0 aromatic heterocycles. The topological polar surface area (TPSA) is 66.8 Å². The summed E-state index contributed by atoms with van der Waals surface area (Å²) in [5, 5.41) is 0.463. The molecule has 0 bridgehead atoms. The van der Waals surface area contributed by atoms with Crippen LogP contribution >= 0.6 is 27.7 Å². The molecule has 1 amide bonds. The Labute approximate surface area is 170 Å². The van der Waals surface area contributed by atoms with Crippen molar-refractivity contribution < 1.29 is 13.2 Å². The predicted molar refractivity (Wildman–Crippen MR) is 113 cm³/mol. The molecule has 27 heavy (non-hydrogen) atoms. The molecule has 8 heteroatoms. The second kappa shape index (κ2) is 7.07. The summed E-state index contributed by atoms with van der Waals surface area (Å²) in [5.74, 6) is -0.120. The Morgan fingerprint density at radius 1 is 1.19 bits per heavy atom. The third-order valence-electron chi connectivity index (χ3n) is 4.63. The van der Waals surface area contributed by atoms with Crippen LogP contribution in [0.4, 0.5) is 5.69 Å². The molecular formula is C19H17BrN2O3S2. The normalized spacial score (nSPS) is 25.0. The van der Waals surface area contributed by atoms with Crippen LogP contribution in [0.25, 0.3) is 0 Å². The molecule has 2 aromatic rings. The number of sulfone groups is 1. The molecule has 140 valence electrons. The second-order valence-electron chi connectivity index (χ2n) is 6.72. The average molecular weight is 465 g/mol. The Morgan fingerprint density at radius 3 is 2.63 bits per heavy atom. The van der Waals surface area contributed by atoms with E-state index in [0.29, 0.717) is 10.7 Å². The number of hydrogen-bond donors (Lipinski definition) is 0. The monoisotopic (exact) mass is 464 g/mol. The molecule has 0 aliphatic carbocycles. The van der Waals surface area contributed by atoms with E-state index in [1.807, 2.05) is 36.1 Å². The summed E-state index contributed by atoms with van der Waals surface area (Å²) in [4.78, 5) is 18.9. The molecule has 2 aromatic carbocycles. The number of amidine groups is 1. The van der Waals surface area contributed by atoms with Gasteiger partial charge in [-0.3, -0.25) is 4.79 Å². The Morgan fingerprint density at radius 2 is 1.93 bits per heavy atom. The molecule has 0 N–H and O–H groups in total. The van der Waals surface area contributed by atoms with E-state index in [9.17, 15) is 13.2 Å². The maximum absolute atomic E-state index is 12.6. The van der Waals surface area contributed by atoms with Gasteiger partial charge in [-0.25, -0.2) is 8.42 Å². The largest absolute Gasteiger partial charge is 0.316 e. The minimum absolute atomic E-state index is 0.0874. The lowest BCUT2D eigenvalue weighted by Crippen LogP contribution is -2.37. The first-order chi connectivity index (χ1) is 12.8. The first kappa shape index (κ1) is 18.7. The highest BCUT2D eigenvalue weighted by molar-refractivity contribution is 9.10. The van der Waals surface area contributed by atoms with Crippen molar-refractivity contribution >= 4 is 54.3 Å². The van der Waals surface area contributed by atoms with Gasteiger partial charge in [-0.05, 0) is 48.9 Å². The van der Waals surface area contributed by atoms with Crippen molar-refractivity contribution in [2.24, 2.45) is 4.99 Å². The number of benzene rings is 2. The lowest BCUT2D eigenvalue weighted by atomic mass is 10.1. The number of aliphatic imine (C=N–C) groups is 1. The number of hydrogen-bond acceptors (Lipinski definition) is 4. The van der Waals surface area contributed by atoms with E-state index in [2.05, 4.69) is 20.9 Å². The molecular weight excluding hydrogens is 448 g/mol. The Balaban J connectivity index is 1.72. The number of carbonyl (C=O) groups excluding carboxylic acids is 1. The lowest BCUT2D eigenvalue weighted by Gasteiger charge is -2.24. The zero-order valence-corrected chi connectivity index (χ0v) is 17.7. The molecule has 0 saturated carbocycles. The van der Waals surface area contributed by atoms with Crippen molar-refractivity contribution in [3.8, 4) is 0 Å². The minimum Gasteiger partial charge on any atom is -0.316 e. The van der Waals surface area contributed by atoms with E-state index in [1.165, 1.54) is 11.8 Å². The third kappa shape index (κ3) is 3.83. The minimum atomic E-state index is -3.07. The summed E-state index contributed by atoms with van der Waals surface area (Å²) in [7, 11) is -3.07. The zero-order chi connectivity index (χ0) is 19.2. The van der Waals surface area contributed by atoms with Crippen molar-refractivity contribution in [3.63, 3.8) is 0 Å². The summed E-state index contributed by atoms with van der Waals surface area (Å²) in [5.41, 5.74) is 2.44. The standard InChI is InChI=1S/C19H17BrN2O3S2/c1-12-3-2-4-15(9-12)22-16-10-27(24,25)11-17(16)26-19(22)21-18(23)13-5-7-14(20)8-6-13/h2-9,16-17H,10-11H2,1H3. The highest BCUT2D eigenvalue weighted by atomic mass is 79.9.